The zero-order valence-corrected chi connectivity index (χ0v) is 9.52. The summed E-state index contributed by atoms with van der Waals surface area (Å²) in [5.74, 6) is 0. The van der Waals surface area contributed by atoms with Crippen LogP contribution in [0.25, 0.3) is 0 Å². The van der Waals surface area contributed by atoms with E-state index in [1.807, 2.05) is 0 Å². The lowest BCUT2D eigenvalue weighted by Crippen LogP contribution is -1.91. The second-order valence-electron chi connectivity index (χ2n) is 0.865. The highest BCUT2D eigenvalue weighted by Gasteiger charge is 2.11. The quantitative estimate of drug-likeness (QED) is 0.449. The molecule has 0 aliphatic carbocycles. The number of hydrogen-bond donors (Lipinski definition) is 0. The molecular weight excluding hydrogens is 417 g/mol. The third-order valence-electron chi connectivity index (χ3n) is 0.283. The van der Waals surface area contributed by atoms with E-state index in [9.17, 15) is 0 Å². The first-order chi connectivity index (χ1) is 3.06. The second kappa shape index (κ2) is 3.26. The van der Waals surface area contributed by atoms with E-state index in [2.05, 4.69) is 67.8 Å². The lowest BCUT2D eigenvalue weighted by Gasteiger charge is -2.04. The number of hydrogen-bond acceptors (Lipinski definition) is 0. The van der Waals surface area contributed by atoms with Crippen LogP contribution in [0.5, 0.6) is 0 Å². The summed E-state index contributed by atoms with van der Waals surface area (Å²) in [6.45, 7) is 0.537. The van der Waals surface area contributed by atoms with Crippen molar-refractivity contribution in [3.63, 3.8) is 0 Å². The van der Waals surface area contributed by atoms with Crippen LogP contribution < -0.4 is 0 Å². The van der Waals surface area contributed by atoms with E-state index in [1.165, 1.54) is 0 Å². The van der Waals surface area contributed by atoms with Crippen molar-refractivity contribution in [2.75, 3.05) is 0 Å². The molecule has 0 aliphatic heterocycles. The molecule has 0 amide bonds. The Labute approximate surface area is 80.7 Å². The number of halogens is 3. The summed E-state index contributed by atoms with van der Waals surface area (Å²) in [5.41, 5.74) is 0. The Morgan fingerprint density at radius 1 is 1.67 bits per heavy atom. The molecule has 6 heavy (non-hydrogen) atoms. The SMILES string of the molecule is [2H]CCC(I)(I)I. The minimum atomic E-state index is 0.273. The largest absolute Gasteiger partial charge is 0.124 e. The van der Waals surface area contributed by atoms with Crippen LogP contribution in [-0.4, -0.2) is -0.565 Å². The van der Waals surface area contributed by atoms with E-state index in [0.29, 0.717) is 6.90 Å². The van der Waals surface area contributed by atoms with Crippen molar-refractivity contribution in [2.24, 2.45) is 0 Å². The number of alkyl halides is 3. The fourth-order valence-electron chi connectivity index (χ4n) is 0. The average Bonchev–Trinajstić information content (AvgIpc) is 1.30. The van der Waals surface area contributed by atoms with Gasteiger partial charge in [-0.3, -0.25) is 0 Å². The zero-order chi connectivity index (χ0) is 5.91. The Morgan fingerprint density at radius 3 is 2.17 bits per heavy atom. The van der Waals surface area contributed by atoms with Crippen LogP contribution in [-0.2, 0) is 0 Å². The minimum Gasteiger partial charge on any atom is -0.0626 e. The fourth-order valence-corrected chi connectivity index (χ4v) is 0. The van der Waals surface area contributed by atoms with E-state index >= 15 is 0 Å². The van der Waals surface area contributed by atoms with Gasteiger partial charge in [0.25, 0.3) is 0 Å². The highest BCUT2D eigenvalue weighted by atomic mass is 127. The summed E-state index contributed by atoms with van der Waals surface area (Å²) < 4.78 is 7.12. The molecule has 38 valence electrons. The van der Waals surface area contributed by atoms with Crippen molar-refractivity contribution in [2.45, 2.75) is 12.8 Å². The third-order valence-corrected chi connectivity index (χ3v) is 1.90. The molecule has 0 atom stereocenters. The Balaban J connectivity index is 3.15. The highest BCUT2D eigenvalue weighted by molar-refractivity contribution is 14.3. The van der Waals surface area contributed by atoms with Gasteiger partial charge >= 0.3 is 0 Å². The van der Waals surface area contributed by atoms with Crippen molar-refractivity contribution < 1.29 is 1.37 Å². The molecule has 0 radical (unpaired) electrons. The molecule has 0 saturated carbocycles. The molecule has 0 spiro atoms. The molecule has 0 rings (SSSR count). The minimum absolute atomic E-state index is 0.273. The monoisotopic (exact) mass is 423 g/mol. The summed E-state index contributed by atoms with van der Waals surface area (Å²) in [5, 5.41) is 0. The number of rotatable bonds is 1. The van der Waals surface area contributed by atoms with Gasteiger partial charge in [0.1, 0.15) is -0.565 Å². The van der Waals surface area contributed by atoms with Gasteiger partial charge in [-0.1, -0.05) is 74.7 Å². The normalized spacial score (nSPS) is 14.2. The molecule has 0 nitrogen and oxygen atoms in total. The van der Waals surface area contributed by atoms with Crippen LogP contribution in [0.4, 0.5) is 0 Å². The molecular formula is C3H5I3. The first-order valence-corrected chi connectivity index (χ1v) is 4.66. The van der Waals surface area contributed by atoms with Crippen LogP contribution in [0.3, 0.4) is 0 Å². The van der Waals surface area contributed by atoms with Crippen molar-refractivity contribution in [3.8, 4) is 0 Å². The maximum Gasteiger partial charge on any atom is 0.124 e. The molecule has 0 unspecified atom stereocenters. The van der Waals surface area contributed by atoms with Gasteiger partial charge in [-0.2, -0.15) is 0 Å². The molecule has 0 N–H and O–H groups in total. The lowest BCUT2D eigenvalue weighted by molar-refractivity contribution is 1.09. The molecule has 0 aromatic heterocycles. The molecule has 0 fully saturated rings. The predicted octanol–water partition coefficient (Wildman–Crippen LogP) is 3.36. The van der Waals surface area contributed by atoms with Crippen LogP contribution in [0.1, 0.15) is 14.7 Å². The summed E-state index contributed by atoms with van der Waals surface area (Å²) in [6, 6.07) is 0. The average molecular weight is 423 g/mol. The van der Waals surface area contributed by atoms with E-state index in [4.69, 9.17) is 1.37 Å². The van der Waals surface area contributed by atoms with E-state index in [0.717, 1.165) is 6.42 Å². The van der Waals surface area contributed by atoms with E-state index in [-0.39, 0.29) is -0.565 Å². The molecule has 3 heteroatoms. The first kappa shape index (κ1) is 6.31. The van der Waals surface area contributed by atoms with Crippen molar-refractivity contribution in [1.82, 2.24) is 0 Å². The zero-order valence-electron chi connectivity index (χ0n) is 4.05. The van der Waals surface area contributed by atoms with Gasteiger partial charge in [-0.25, -0.2) is 0 Å². The molecule has 0 aromatic carbocycles. The van der Waals surface area contributed by atoms with E-state index in [1.54, 1.807) is 0 Å². The van der Waals surface area contributed by atoms with Crippen molar-refractivity contribution >= 4 is 67.8 Å². The van der Waals surface area contributed by atoms with E-state index < -0.39 is 0 Å². The lowest BCUT2D eigenvalue weighted by atomic mass is 10.6. The Bertz CT molecular complexity index is 48.6. The van der Waals surface area contributed by atoms with Gasteiger partial charge in [-0.15, -0.1) is 0 Å². The van der Waals surface area contributed by atoms with Gasteiger partial charge < -0.3 is 0 Å². The summed E-state index contributed by atoms with van der Waals surface area (Å²) in [7, 11) is 0. The van der Waals surface area contributed by atoms with Crippen LogP contribution in [0, 0.1) is 0 Å². The van der Waals surface area contributed by atoms with Gasteiger partial charge in [0.2, 0.25) is 0 Å². The maximum atomic E-state index is 6.84. The maximum absolute atomic E-state index is 6.84. The van der Waals surface area contributed by atoms with Gasteiger partial charge in [0.05, 0.1) is 0 Å². The van der Waals surface area contributed by atoms with Crippen LogP contribution in [0.2, 0.25) is 0 Å². The molecule has 0 bridgehead atoms. The van der Waals surface area contributed by atoms with Crippen LogP contribution >= 0.6 is 67.8 Å². The first-order valence-electron chi connectivity index (χ1n) is 2.13. The molecule has 0 heterocycles. The summed E-state index contributed by atoms with van der Waals surface area (Å²) in [6.07, 6.45) is 0.967. The molecule has 0 aromatic rings. The Morgan fingerprint density at radius 2 is 2.17 bits per heavy atom. The topological polar surface area (TPSA) is 0 Å². The second-order valence-corrected chi connectivity index (χ2v) is 12.6. The van der Waals surface area contributed by atoms with Gasteiger partial charge in [-0.05, 0) is 6.42 Å². The van der Waals surface area contributed by atoms with Gasteiger partial charge in [0.15, 0.2) is 0 Å². The van der Waals surface area contributed by atoms with Gasteiger partial charge in [0, 0.05) is 1.37 Å². The highest BCUT2D eigenvalue weighted by Crippen LogP contribution is 2.38. The van der Waals surface area contributed by atoms with Crippen molar-refractivity contribution in [1.29, 1.82) is 0 Å². The summed E-state index contributed by atoms with van der Waals surface area (Å²) in [4.78, 5) is 0. The third kappa shape index (κ3) is 6.19. The molecule has 0 saturated heterocycles. The fraction of sp³-hybridized carbons (Fsp3) is 1.00. The predicted molar refractivity (Wildman–Crippen MR) is 55.1 cm³/mol. The summed E-state index contributed by atoms with van der Waals surface area (Å²) >= 11 is 6.99. The Hall–Kier alpha value is 2.19. The Kier molecular flexibility index (Phi) is 3.43. The van der Waals surface area contributed by atoms with Crippen molar-refractivity contribution in [3.05, 3.63) is 0 Å². The standard InChI is InChI=1S/C3H5I3/c1-2-3(4,5)6/h2H2,1H3/i1D. The molecule has 0 aliphatic rings. The van der Waals surface area contributed by atoms with Crippen LogP contribution in [0.15, 0.2) is 0 Å². The smallest absolute Gasteiger partial charge is 0.0626 e.